The molecule has 1 atom stereocenters. The molecule has 0 fully saturated rings. The molecule has 2 N–H and O–H groups in total. The quantitative estimate of drug-likeness (QED) is 0.775. The van der Waals surface area contributed by atoms with Gasteiger partial charge in [-0.2, -0.15) is 0 Å². The zero-order valence-corrected chi connectivity index (χ0v) is 7.71. The fourth-order valence-corrected chi connectivity index (χ4v) is 1.30. The van der Waals surface area contributed by atoms with Crippen LogP contribution in [0.5, 0.6) is 0 Å². The van der Waals surface area contributed by atoms with Crippen LogP contribution in [0.4, 0.5) is 8.78 Å². The highest BCUT2D eigenvalue weighted by Crippen LogP contribution is 2.20. The Bertz CT molecular complexity index is 406. The van der Waals surface area contributed by atoms with Gasteiger partial charge in [-0.15, -0.1) is 0 Å². The number of nitrogens with one attached hydrogen (secondary N) is 1. The van der Waals surface area contributed by atoms with Crippen LogP contribution in [0.25, 0.3) is 5.70 Å². The van der Waals surface area contributed by atoms with Crippen LogP contribution < -0.4 is 5.48 Å². The Morgan fingerprint density at radius 2 is 2.13 bits per heavy atom. The van der Waals surface area contributed by atoms with Crippen molar-refractivity contribution < 1.29 is 18.7 Å². The van der Waals surface area contributed by atoms with Crippen LogP contribution >= 0.6 is 0 Å². The molecule has 1 aliphatic rings. The predicted molar refractivity (Wildman–Crippen MR) is 49.4 cm³/mol. The minimum Gasteiger partial charge on any atom is -0.393 e. The summed E-state index contributed by atoms with van der Waals surface area (Å²) in [5, 5.41) is 8.79. The molecule has 80 valence electrons. The van der Waals surface area contributed by atoms with Crippen molar-refractivity contribution in [1.82, 2.24) is 5.48 Å². The Morgan fingerprint density at radius 1 is 1.33 bits per heavy atom. The van der Waals surface area contributed by atoms with Gasteiger partial charge in [-0.1, -0.05) is 0 Å². The van der Waals surface area contributed by atoms with Gasteiger partial charge in [0.05, 0.1) is 12.3 Å². The molecular weight excluding hydrogens is 204 g/mol. The third kappa shape index (κ3) is 1.98. The summed E-state index contributed by atoms with van der Waals surface area (Å²) < 4.78 is 25.5. The molecule has 0 aliphatic carbocycles. The van der Waals surface area contributed by atoms with Gasteiger partial charge in [0.2, 0.25) is 0 Å². The molecule has 3 nitrogen and oxygen atoms in total. The van der Waals surface area contributed by atoms with Crippen LogP contribution in [0.15, 0.2) is 24.3 Å². The van der Waals surface area contributed by atoms with Crippen molar-refractivity contribution in [3.63, 3.8) is 0 Å². The molecule has 0 radical (unpaired) electrons. The Balaban J connectivity index is 2.27. The van der Waals surface area contributed by atoms with E-state index in [9.17, 15) is 8.78 Å². The maximum absolute atomic E-state index is 12.9. The maximum atomic E-state index is 12.9. The minimum absolute atomic E-state index is 0.166. The van der Waals surface area contributed by atoms with Crippen molar-refractivity contribution in [2.75, 3.05) is 6.61 Å². The van der Waals surface area contributed by atoms with Gasteiger partial charge in [0.25, 0.3) is 0 Å². The summed E-state index contributed by atoms with van der Waals surface area (Å²) in [6.45, 7) is -0.166. The van der Waals surface area contributed by atoms with E-state index in [1.807, 2.05) is 0 Å². The van der Waals surface area contributed by atoms with Gasteiger partial charge in [0.15, 0.2) is 11.6 Å². The fraction of sp³-hybridized carbons (Fsp3) is 0.200. The highest BCUT2D eigenvalue weighted by Gasteiger charge is 2.17. The summed E-state index contributed by atoms with van der Waals surface area (Å²) in [5.41, 5.74) is 3.53. The van der Waals surface area contributed by atoms with Crippen LogP contribution in [-0.4, -0.2) is 17.8 Å². The van der Waals surface area contributed by atoms with Crippen molar-refractivity contribution in [3.8, 4) is 0 Å². The number of benzene rings is 1. The van der Waals surface area contributed by atoms with Crippen LogP contribution in [0.3, 0.4) is 0 Å². The van der Waals surface area contributed by atoms with Gasteiger partial charge >= 0.3 is 0 Å². The van der Waals surface area contributed by atoms with Gasteiger partial charge in [-0.05, 0) is 24.3 Å². The summed E-state index contributed by atoms with van der Waals surface area (Å²) in [4.78, 5) is 4.93. The number of halogens is 2. The maximum Gasteiger partial charge on any atom is 0.159 e. The summed E-state index contributed by atoms with van der Waals surface area (Å²) in [6, 6.07) is 3.54. The topological polar surface area (TPSA) is 41.5 Å². The first-order chi connectivity index (χ1) is 7.20. The van der Waals surface area contributed by atoms with E-state index in [-0.39, 0.29) is 6.61 Å². The van der Waals surface area contributed by atoms with E-state index in [1.54, 1.807) is 6.08 Å². The predicted octanol–water partition coefficient (Wildman–Crippen LogP) is 1.20. The lowest BCUT2D eigenvalue weighted by Gasteiger charge is -2.04. The molecule has 0 spiro atoms. The van der Waals surface area contributed by atoms with E-state index in [2.05, 4.69) is 5.48 Å². The van der Waals surface area contributed by atoms with Crippen molar-refractivity contribution in [2.45, 2.75) is 6.10 Å². The molecule has 15 heavy (non-hydrogen) atoms. The number of rotatable bonds is 2. The van der Waals surface area contributed by atoms with Crippen LogP contribution in [-0.2, 0) is 4.84 Å². The third-order valence-electron chi connectivity index (χ3n) is 2.08. The van der Waals surface area contributed by atoms with E-state index in [1.165, 1.54) is 6.07 Å². The van der Waals surface area contributed by atoms with E-state index >= 15 is 0 Å². The zero-order chi connectivity index (χ0) is 10.8. The van der Waals surface area contributed by atoms with E-state index in [0.717, 1.165) is 12.1 Å². The summed E-state index contributed by atoms with van der Waals surface area (Å²) >= 11 is 0. The average Bonchev–Trinajstić information content (AvgIpc) is 2.70. The monoisotopic (exact) mass is 213 g/mol. The largest absolute Gasteiger partial charge is 0.393 e. The molecule has 1 aromatic rings. The Hall–Kier alpha value is -1.46. The minimum atomic E-state index is -0.914. The molecule has 0 aromatic heterocycles. The van der Waals surface area contributed by atoms with Crippen molar-refractivity contribution in [1.29, 1.82) is 0 Å². The first-order valence-corrected chi connectivity index (χ1v) is 4.40. The Labute approximate surface area is 84.9 Å². The normalized spacial score (nSPS) is 19.9. The Kier molecular flexibility index (Phi) is 2.66. The lowest BCUT2D eigenvalue weighted by Crippen LogP contribution is -2.15. The molecule has 1 unspecified atom stereocenters. The molecule has 0 saturated heterocycles. The SMILES string of the molecule is OCC1C=C(c2ccc(F)c(F)c2)NO1. The van der Waals surface area contributed by atoms with Gasteiger partial charge in [0, 0.05) is 5.56 Å². The molecule has 0 amide bonds. The molecular formula is C10H9F2NO2. The molecule has 1 aliphatic heterocycles. The molecule has 0 bridgehead atoms. The number of hydrogen-bond acceptors (Lipinski definition) is 3. The van der Waals surface area contributed by atoms with Gasteiger partial charge in [-0.25, -0.2) is 8.78 Å². The first kappa shape index (κ1) is 10.1. The Morgan fingerprint density at radius 3 is 2.73 bits per heavy atom. The van der Waals surface area contributed by atoms with Crippen LogP contribution in [0.2, 0.25) is 0 Å². The highest BCUT2D eigenvalue weighted by atomic mass is 19.2. The molecule has 5 heteroatoms. The zero-order valence-electron chi connectivity index (χ0n) is 7.71. The van der Waals surface area contributed by atoms with Gasteiger partial charge in [-0.3, -0.25) is 10.3 Å². The number of hydrogen-bond donors (Lipinski definition) is 2. The third-order valence-corrected chi connectivity index (χ3v) is 2.08. The number of aliphatic hydroxyl groups excluding tert-OH is 1. The second-order valence-corrected chi connectivity index (χ2v) is 3.15. The van der Waals surface area contributed by atoms with Crippen molar-refractivity contribution >= 4 is 5.70 Å². The smallest absolute Gasteiger partial charge is 0.159 e. The molecule has 1 heterocycles. The second kappa shape index (κ2) is 3.96. The summed E-state index contributed by atoms with van der Waals surface area (Å²) in [5.74, 6) is -1.81. The van der Waals surface area contributed by atoms with Crippen LogP contribution in [0, 0.1) is 11.6 Å². The molecule has 2 rings (SSSR count). The van der Waals surface area contributed by atoms with Gasteiger partial charge < -0.3 is 5.11 Å². The van der Waals surface area contributed by atoms with Crippen LogP contribution in [0.1, 0.15) is 5.56 Å². The fourth-order valence-electron chi connectivity index (χ4n) is 1.30. The lowest BCUT2D eigenvalue weighted by atomic mass is 10.1. The standard InChI is InChI=1S/C10H9F2NO2/c11-8-2-1-6(3-9(8)12)10-4-7(5-14)15-13-10/h1-4,7,13-14H,5H2. The van der Waals surface area contributed by atoms with E-state index in [0.29, 0.717) is 11.3 Å². The molecule has 1 aromatic carbocycles. The van der Waals surface area contributed by atoms with E-state index < -0.39 is 17.7 Å². The lowest BCUT2D eigenvalue weighted by molar-refractivity contribution is 0.0173. The second-order valence-electron chi connectivity index (χ2n) is 3.15. The summed E-state index contributed by atoms with van der Waals surface area (Å²) in [6.07, 6.45) is 1.15. The average molecular weight is 213 g/mol. The highest BCUT2D eigenvalue weighted by molar-refractivity contribution is 5.64. The van der Waals surface area contributed by atoms with Crippen molar-refractivity contribution in [3.05, 3.63) is 41.5 Å². The first-order valence-electron chi connectivity index (χ1n) is 4.40. The number of aliphatic hydroxyl groups is 1. The number of hydroxylamine groups is 1. The van der Waals surface area contributed by atoms with E-state index in [4.69, 9.17) is 9.94 Å². The van der Waals surface area contributed by atoms with Gasteiger partial charge in [0.1, 0.15) is 6.10 Å². The molecule has 0 saturated carbocycles. The van der Waals surface area contributed by atoms with Crippen molar-refractivity contribution in [2.24, 2.45) is 0 Å². The summed E-state index contributed by atoms with van der Waals surface area (Å²) in [7, 11) is 0.